The number of hydrogen-bond acceptors (Lipinski definition) is 5. The van der Waals surface area contributed by atoms with Gasteiger partial charge in [0.25, 0.3) is 0 Å². The second-order valence-corrected chi connectivity index (χ2v) is 8.81. The summed E-state index contributed by atoms with van der Waals surface area (Å²) in [5.74, 6) is 0.622. The van der Waals surface area contributed by atoms with Crippen LogP contribution in [0.5, 0.6) is 0 Å². The number of benzene rings is 1. The molecule has 1 amide bonds. The average molecular weight is 448 g/mol. The van der Waals surface area contributed by atoms with Gasteiger partial charge in [0.2, 0.25) is 5.91 Å². The van der Waals surface area contributed by atoms with E-state index in [0.29, 0.717) is 5.69 Å². The first kappa shape index (κ1) is 23.0. The fourth-order valence-corrected chi connectivity index (χ4v) is 4.43. The summed E-state index contributed by atoms with van der Waals surface area (Å²) in [6.07, 6.45) is 2.34. The van der Waals surface area contributed by atoms with E-state index in [0.717, 1.165) is 66.6 Å². The topological polar surface area (TPSA) is 71.0 Å². The van der Waals surface area contributed by atoms with Crippen molar-refractivity contribution in [2.45, 2.75) is 52.5 Å². The molecular weight excluding hydrogens is 417 g/mol. The number of pyridine rings is 1. The minimum Gasteiger partial charge on any atom is -0.326 e. The van der Waals surface area contributed by atoms with Gasteiger partial charge in [-0.05, 0) is 76.6 Å². The summed E-state index contributed by atoms with van der Waals surface area (Å²) in [5.41, 5.74) is 5.21. The highest BCUT2D eigenvalue weighted by molar-refractivity contribution is 5.92. The normalized spacial score (nSPS) is 16.5. The van der Waals surface area contributed by atoms with Crippen molar-refractivity contribution in [3.05, 3.63) is 82.4 Å². The van der Waals surface area contributed by atoms with Gasteiger partial charge in [-0.25, -0.2) is 14.4 Å². The van der Waals surface area contributed by atoms with Crippen LogP contribution in [0.4, 0.5) is 10.1 Å². The highest BCUT2D eigenvalue weighted by Gasteiger charge is 2.25. The molecule has 1 aliphatic rings. The maximum atomic E-state index is 13.1. The zero-order valence-corrected chi connectivity index (χ0v) is 19.4. The van der Waals surface area contributed by atoms with Crippen LogP contribution in [-0.4, -0.2) is 38.8 Å². The molecule has 6 nitrogen and oxygen atoms in total. The number of rotatable bonds is 6. The predicted octanol–water partition coefficient (Wildman–Crippen LogP) is 4.50. The van der Waals surface area contributed by atoms with E-state index in [-0.39, 0.29) is 24.1 Å². The molecule has 0 aliphatic carbocycles. The minimum atomic E-state index is -0.333. The maximum absolute atomic E-state index is 13.1. The second-order valence-electron chi connectivity index (χ2n) is 8.81. The Balaban J connectivity index is 1.42. The fourth-order valence-electron chi connectivity index (χ4n) is 4.43. The standard InChI is InChI=1S/C26H30FN5O/c1-17-6-4-8-23(28-17)16-32-13-5-7-20(15-32)26-29-18(2)24(19(3)30-26)14-25(33)31-22-11-9-21(27)10-12-22/h4,6,8-12,20H,5,7,13-16H2,1-3H3,(H,31,33)/t20-/m0/s1. The molecule has 172 valence electrons. The van der Waals surface area contributed by atoms with Gasteiger partial charge in [-0.1, -0.05) is 6.07 Å². The fraction of sp³-hybridized carbons (Fsp3) is 0.385. The molecule has 1 aromatic carbocycles. The van der Waals surface area contributed by atoms with Crippen molar-refractivity contribution in [1.82, 2.24) is 19.9 Å². The lowest BCUT2D eigenvalue weighted by molar-refractivity contribution is -0.115. The van der Waals surface area contributed by atoms with Crippen LogP contribution in [0.25, 0.3) is 0 Å². The Bertz CT molecular complexity index is 1110. The van der Waals surface area contributed by atoms with E-state index in [1.165, 1.54) is 12.1 Å². The van der Waals surface area contributed by atoms with Crippen molar-refractivity contribution in [1.29, 1.82) is 0 Å². The number of carbonyl (C=O) groups excluding carboxylic acids is 1. The number of aryl methyl sites for hydroxylation is 3. The van der Waals surface area contributed by atoms with Gasteiger partial charge in [-0.2, -0.15) is 0 Å². The molecule has 0 spiro atoms. The summed E-state index contributed by atoms with van der Waals surface area (Å²) in [6, 6.07) is 11.9. The van der Waals surface area contributed by atoms with E-state index in [1.54, 1.807) is 12.1 Å². The number of anilines is 1. The molecule has 33 heavy (non-hydrogen) atoms. The Hall–Kier alpha value is -3.19. The molecule has 1 aliphatic heterocycles. The van der Waals surface area contributed by atoms with Crippen LogP contribution < -0.4 is 5.32 Å². The summed E-state index contributed by atoms with van der Waals surface area (Å²) in [7, 11) is 0. The molecule has 3 aromatic rings. The van der Waals surface area contributed by atoms with E-state index in [1.807, 2.05) is 26.8 Å². The van der Waals surface area contributed by atoms with Gasteiger partial charge in [-0.3, -0.25) is 14.7 Å². The summed E-state index contributed by atoms with van der Waals surface area (Å²) in [5, 5.41) is 2.81. The first-order valence-corrected chi connectivity index (χ1v) is 11.4. The minimum absolute atomic E-state index is 0.168. The van der Waals surface area contributed by atoms with Crippen LogP contribution in [0.1, 0.15) is 52.9 Å². The number of nitrogens with zero attached hydrogens (tertiary/aromatic N) is 4. The zero-order valence-electron chi connectivity index (χ0n) is 19.4. The van der Waals surface area contributed by atoms with Crippen molar-refractivity contribution in [2.75, 3.05) is 18.4 Å². The molecule has 1 saturated heterocycles. The third kappa shape index (κ3) is 5.99. The monoisotopic (exact) mass is 447 g/mol. The summed E-state index contributed by atoms with van der Waals surface area (Å²) < 4.78 is 13.1. The van der Waals surface area contributed by atoms with Gasteiger partial charge in [-0.15, -0.1) is 0 Å². The van der Waals surface area contributed by atoms with Gasteiger partial charge in [0.05, 0.1) is 12.1 Å². The van der Waals surface area contributed by atoms with E-state index in [2.05, 4.69) is 27.3 Å². The Morgan fingerprint density at radius 2 is 1.79 bits per heavy atom. The lowest BCUT2D eigenvalue weighted by Gasteiger charge is -2.32. The van der Waals surface area contributed by atoms with Crippen LogP contribution in [0.2, 0.25) is 0 Å². The quantitative estimate of drug-likeness (QED) is 0.603. The Morgan fingerprint density at radius 3 is 2.48 bits per heavy atom. The largest absolute Gasteiger partial charge is 0.326 e. The van der Waals surface area contributed by atoms with Crippen LogP contribution in [0.15, 0.2) is 42.5 Å². The van der Waals surface area contributed by atoms with Gasteiger partial charge in [0.1, 0.15) is 11.6 Å². The Morgan fingerprint density at radius 1 is 1.06 bits per heavy atom. The van der Waals surface area contributed by atoms with Crippen molar-refractivity contribution in [3.63, 3.8) is 0 Å². The first-order chi connectivity index (χ1) is 15.9. The molecule has 4 rings (SSSR count). The van der Waals surface area contributed by atoms with E-state index < -0.39 is 0 Å². The number of likely N-dealkylation sites (tertiary alicyclic amines) is 1. The lowest BCUT2D eigenvalue weighted by atomic mass is 9.96. The third-order valence-electron chi connectivity index (χ3n) is 6.11. The molecule has 1 N–H and O–H groups in total. The van der Waals surface area contributed by atoms with Crippen LogP contribution in [0.3, 0.4) is 0 Å². The first-order valence-electron chi connectivity index (χ1n) is 11.4. The second kappa shape index (κ2) is 10.2. The van der Waals surface area contributed by atoms with E-state index in [9.17, 15) is 9.18 Å². The number of aromatic nitrogens is 3. The van der Waals surface area contributed by atoms with Crippen molar-refractivity contribution in [2.24, 2.45) is 0 Å². The molecular formula is C26H30FN5O. The summed E-state index contributed by atoms with van der Waals surface area (Å²) >= 11 is 0. The smallest absolute Gasteiger partial charge is 0.228 e. The number of amides is 1. The van der Waals surface area contributed by atoms with Crippen molar-refractivity contribution < 1.29 is 9.18 Å². The van der Waals surface area contributed by atoms with Crippen molar-refractivity contribution in [3.8, 4) is 0 Å². The van der Waals surface area contributed by atoms with Gasteiger partial charge in [0.15, 0.2) is 0 Å². The van der Waals surface area contributed by atoms with Crippen LogP contribution >= 0.6 is 0 Å². The molecule has 2 aromatic heterocycles. The van der Waals surface area contributed by atoms with Gasteiger partial charge >= 0.3 is 0 Å². The molecule has 0 saturated carbocycles. The number of carbonyl (C=O) groups is 1. The lowest BCUT2D eigenvalue weighted by Crippen LogP contribution is -2.35. The number of nitrogens with one attached hydrogen (secondary N) is 1. The average Bonchev–Trinajstić information content (AvgIpc) is 2.78. The molecule has 3 heterocycles. The van der Waals surface area contributed by atoms with Crippen molar-refractivity contribution >= 4 is 11.6 Å². The zero-order chi connectivity index (χ0) is 23.4. The number of piperidine rings is 1. The Kier molecular flexibility index (Phi) is 7.08. The third-order valence-corrected chi connectivity index (χ3v) is 6.11. The van der Waals surface area contributed by atoms with E-state index in [4.69, 9.17) is 9.97 Å². The summed E-state index contributed by atoms with van der Waals surface area (Å²) in [6.45, 7) is 8.68. The molecule has 1 atom stereocenters. The molecule has 1 fully saturated rings. The SMILES string of the molecule is Cc1cccc(CN2CCC[C@H](c3nc(C)c(CC(=O)Nc4ccc(F)cc4)c(C)n3)C2)n1. The van der Waals surface area contributed by atoms with Gasteiger partial charge in [0, 0.05) is 47.3 Å². The molecule has 0 bridgehead atoms. The maximum Gasteiger partial charge on any atom is 0.228 e. The highest BCUT2D eigenvalue weighted by Crippen LogP contribution is 2.27. The summed E-state index contributed by atoms with van der Waals surface area (Å²) in [4.78, 5) is 29.2. The number of halogens is 1. The van der Waals surface area contributed by atoms with E-state index >= 15 is 0 Å². The van der Waals surface area contributed by atoms with Crippen LogP contribution in [-0.2, 0) is 17.8 Å². The van der Waals surface area contributed by atoms with Crippen LogP contribution in [0, 0.1) is 26.6 Å². The number of hydrogen-bond donors (Lipinski definition) is 1. The van der Waals surface area contributed by atoms with Gasteiger partial charge < -0.3 is 5.32 Å². The molecule has 0 unspecified atom stereocenters. The predicted molar refractivity (Wildman–Crippen MR) is 126 cm³/mol. The molecule has 0 radical (unpaired) electrons. The molecule has 7 heteroatoms. The Labute approximate surface area is 194 Å². The highest BCUT2D eigenvalue weighted by atomic mass is 19.1.